The van der Waals surface area contributed by atoms with Crippen LogP contribution in [0, 0.1) is 13.8 Å². The van der Waals surface area contributed by atoms with E-state index >= 15 is 0 Å². The number of hydrogen-bond donors (Lipinski definition) is 2. The maximum atomic E-state index is 12.8. The van der Waals surface area contributed by atoms with Crippen molar-refractivity contribution in [2.75, 3.05) is 32.7 Å². The fourth-order valence-electron chi connectivity index (χ4n) is 2.99. The number of nitrogens with zero attached hydrogens (tertiary/aromatic N) is 2. The number of carbonyl (C=O) groups excluding carboxylic acids is 2. The Balaban J connectivity index is 1.49. The van der Waals surface area contributed by atoms with Crippen molar-refractivity contribution in [1.29, 1.82) is 0 Å². The summed E-state index contributed by atoms with van der Waals surface area (Å²) in [7, 11) is -3.56. The maximum absolute atomic E-state index is 12.8. The molecule has 0 bridgehead atoms. The van der Waals surface area contributed by atoms with Crippen LogP contribution >= 0.6 is 0 Å². The highest BCUT2D eigenvalue weighted by Gasteiger charge is 2.29. The molecule has 29 heavy (non-hydrogen) atoms. The lowest BCUT2D eigenvalue weighted by atomic mass is 10.1. The van der Waals surface area contributed by atoms with Gasteiger partial charge in [0.25, 0.3) is 5.91 Å². The zero-order valence-corrected chi connectivity index (χ0v) is 17.2. The second kappa shape index (κ2) is 8.76. The van der Waals surface area contributed by atoms with E-state index in [-0.39, 0.29) is 17.2 Å². The van der Waals surface area contributed by atoms with Crippen LogP contribution in [0.2, 0.25) is 0 Å². The van der Waals surface area contributed by atoms with E-state index in [1.165, 1.54) is 16.6 Å². The van der Waals surface area contributed by atoms with E-state index in [9.17, 15) is 18.0 Å². The summed E-state index contributed by atoms with van der Waals surface area (Å²) in [6.45, 7) is 5.30. The zero-order valence-electron chi connectivity index (χ0n) is 16.3. The third kappa shape index (κ3) is 5.03. The molecule has 2 N–H and O–H groups in total. The first kappa shape index (κ1) is 21.0. The summed E-state index contributed by atoms with van der Waals surface area (Å²) in [4.78, 5) is 25.9. The summed E-state index contributed by atoms with van der Waals surface area (Å²) in [5.74, 6) is -0.849. The minimum atomic E-state index is -3.56. The molecule has 3 rings (SSSR count). The Labute approximate surface area is 169 Å². The van der Waals surface area contributed by atoms with Crippen LogP contribution in [0.3, 0.4) is 0 Å². The molecule has 1 fully saturated rings. The van der Waals surface area contributed by atoms with Crippen molar-refractivity contribution in [3.8, 4) is 0 Å². The smallest absolute Gasteiger partial charge is 0.305 e. The van der Waals surface area contributed by atoms with E-state index in [0.29, 0.717) is 26.2 Å². The Hall–Kier alpha value is -2.69. The average Bonchev–Trinajstić information content (AvgIpc) is 3.23. The molecule has 10 heteroatoms. The molecular formula is C19H24N4O5S. The molecule has 0 radical (unpaired) electrons. The first-order chi connectivity index (χ1) is 13.8. The monoisotopic (exact) mass is 420 g/mol. The fraction of sp³-hybridized carbons (Fsp3) is 0.368. The summed E-state index contributed by atoms with van der Waals surface area (Å²) in [5, 5.41) is 0. The van der Waals surface area contributed by atoms with Gasteiger partial charge in [-0.15, -0.1) is 0 Å². The summed E-state index contributed by atoms with van der Waals surface area (Å²) in [6.07, 6.45) is 1.36. The highest BCUT2D eigenvalue weighted by atomic mass is 32.2. The van der Waals surface area contributed by atoms with Gasteiger partial charge in [-0.3, -0.25) is 25.3 Å². The van der Waals surface area contributed by atoms with Gasteiger partial charge >= 0.3 is 5.91 Å². The molecule has 1 aromatic heterocycles. The van der Waals surface area contributed by atoms with E-state index in [1.807, 2.05) is 18.7 Å². The van der Waals surface area contributed by atoms with Crippen LogP contribution < -0.4 is 10.9 Å². The molecule has 9 nitrogen and oxygen atoms in total. The number of aryl methyl sites for hydroxylation is 2. The maximum Gasteiger partial charge on any atom is 0.305 e. The number of furan rings is 1. The lowest BCUT2D eigenvalue weighted by Gasteiger charge is -2.33. The highest BCUT2D eigenvalue weighted by Crippen LogP contribution is 2.20. The molecule has 0 unspecified atom stereocenters. The van der Waals surface area contributed by atoms with Crippen LogP contribution in [0.5, 0.6) is 0 Å². The van der Waals surface area contributed by atoms with Crippen LogP contribution in [0.4, 0.5) is 0 Å². The molecule has 0 atom stereocenters. The van der Waals surface area contributed by atoms with Crippen LogP contribution in [-0.4, -0.2) is 62.2 Å². The van der Waals surface area contributed by atoms with Crippen molar-refractivity contribution >= 4 is 21.8 Å². The topological polar surface area (TPSA) is 112 Å². The molecule has 0 spiro atoms. The predicted octanol–water partition coefficient (Wildman–Crippen LogP) is 0.664. The summed E-state index contributed by atoms with van der Waals surface area (Å²) >= 11 is 0. The summed E-state index contributed by atoms with van der Waals surface area (Å²) in [5.41, 5.74) is 6.57. The number of piperazine rings is 1. The number of sulfonamides is 1. The standard InChI is InChI=1S/C19H24N4O5S/c1-14-5-6-16(12-15(14)2)29(26,27)23-9-7-22(8-10-23)13-18(24)20-21-19(25)17-4-3-11-28-17/h3-6,11-12H,7-10,13H2,1-2H3,(H,20,24)(H,21,25). The third-order valence-electron chi connectivity index (χ3n) is 4.88. The van der Waals surface area contributed by atoms with Gasteiger partial charge in [-0.1, -0.05) is 6.07 Å². The largest absolute Gasteiger partial charge is 0.459 e. The Morgan fingerprint density at radius 2 is 1.76 bits per heavy atom. The Morgan fingerprint density at radius 3 is 2.38 bits per heavy atom. The van der Waals surface area contributed by atoms with Gasteiger partial charge in [0.15, 0.2) is 5.76 Å². The highest BCUT2D eigenvalue weighted by molar-refractivity contribution is 7.89. The predicted molar refractivity (Wildman–Crippen MR) is 105 cm³/mol. The average molecular weight is 420 g/mol. The van der Waals surface area contributed by atoms with Crippen molar-refractivity contribution in [3.05, 3.63) is 53.5 Å². The number of nitrogens with one attached hydrogen (secondary N) is 2. The van der Waals surface area contributed by atoms with Gasteiger partial charge in [-0.2, -0.15) is 4.31 Å². The molecule has 2 amide bonds. The van der Waals surface area contributed by atoms with E-state index in [2.05, 4.69) is 10.9 Å². The molecule has 1 aromatic carbocycles. The number of hydrazine groups is 1. The molecule has 0 aliphatic carbocycles. The van der Waals surface area contributed by atoms with Crippen molar-refractivity contribution < 1.29 is 22.4 Å². The number of carbonyl (C=O) groups is 2. The van der Waals surface area contributed by atoms with Gasteiger partial charge in [-0.25, -0.2) is 8.42 Å². The minimum absolute atomic E-state index is 0.0515. The molecule has 1 aliphatic rings. The molecule has 1 saturated heterocycles. The van der Waals surface area contributed by atoms with Crippen LogP contribution in [0.15, 0.2) is 45.9 Å². The minimum Gasteiger partial charge on any atom is -0.459 e. The zero-order chi connectivity index (χ0) is 21.0. The normalized spacial score (nSPS) is 15.8. The molecule has 156 valence electrons. The lowest BCUT2D eigenvalue weighted by Crippen LogP contribution is -2.52. The Bertz CT molecular complexity index is 980. The first-order valence-electron chi connectivity index (χ1n) is 9.20. The molecule has 0 saturated carbocycles. The SMILES string of the molecule is Cc1ccc(S(=O)(=O)N2CCN(CC(=O)NNC(=O)c3ccco3)CC2)cc1C. The van der Waals surface area contributed by atoms with Crippen LogP contribution in [-0.2, 0) is 14.8 Å². The Kier molecular flexibility index (Phi) is 6.36. The van der Waals surface area contributed by atoms with Gasteiger partial charge in [0, 0.05) is 26.2 Å². The van der Waals surface area contributed by atoms with Gasteiger partial charge < -0.3 is 4.42 Å². The second-order valence-electron chi connectivity index (χ2n) is 6.91. The first-order valence-corrected chi connectivity index (χ1v) is 10.6. The van der Waals surface area contributed by atoms with Crippen LogP contribution in [0.25, 0.3) is 0 Å². The molecule has 2 aromatic rings. The lowest BCUT2D eigenvalue weighted by molar-refractivity contribution is -0.123. The number of benzene rings is 1. The third-order valence-corrected chi connectivity index (χ3v) is 6.77. The van der Waals surface area contributed by atoms with E-state index in [0.717, 1.165) is 11.1 Å². The quantitative estimate of drug-likeness (QED) is 0.688. The van der Waals surface area contributed by atoms with Gasteiger partial charge in [0.2, 0.25) is 10.0 Å². The summed E-state index contributed by atoms with van der Waals surface area (Å²) in [6, 6.07) is 8.17. The molecule has 2 heterocycles. The molecule has 1 aliphatic heterocycles. The van der Waals surface area contributed by atoms with Crippen molar-refractivity contribution in [1.82, 2.24) is 20.1 Å². The fourth-order valence-corrected chi connectivity index (χ4v) is 4.50. The van der Waals surface area contributed by atoms with E-state index < -0.39 is 21.8 Å². The van der Waals surface area contributed by atoms with Gasteiger partial charge in [0.1, 0.15) is 0 Å². The number of rotatable bonds is 5. The van der Waals surface area contributed by atoms with Crippen molar-refractivity contribution in [3.63, 3.8) is 0 Å². The second-order valence-corrected chi connectivity index (χ2v) is 8.84. The Morgan fingerprint density at radius 1 is 1.03 bits per heavy atom. The number of hydrogen-bond acceptors (Lipinski definition) is 6. The van der Waals surface area contributed by atoms with Crippen LogP contribution in [0.1, 0.15) is 21.7 Å². The van der Waals surface area contributed by atoms with Crippen molar-refractivity contribution in [2.45, 2.75) is 18.7 Å². The van der Waals surface area contributed by atoms with Gasteiger partial charge in [-0.05, 0) is 49.2 Å². The summed E-state index contributed by atoms with van der Waals surface area (Å²) < 4.78 is 32.1. The van der Waals surface area contributed by atoms with Crippen molar-refractivity contribution in [2.24, 2.45) is 0 Å². The number of amides is 2. The van der Waals surface area contributed by atoms with E-state index in [1.54, 1.807) is 24.3 Å². The van der Waals surface area contributed by atoms with Gasteiger partial charge in [0.05, 0.1) is 17.7 Å². The van der Waals surface area contributed by atoms with E-state index in [4.69, 9.17) is 4.42 Å². The molecular weight excluding hydrogens is 396 g/mol.